The zero-order chi connectivity index (χ0) is 21.2. The highest BCUT2D eigenvalue weighted by Gasteiger charge is 2.12. The smallest absolute Gasteiger partial charge is 0.310 e. The lowest BCUT2D eigenvalue weighted by Gasteiger charge is -2.21. The molecule has 7 nitrogen and oxygen atoms in total. The van der Waals surface area contributed by atoms with Gasteiger partial charge in [0.2, 0.25) is 0 Å². The summed E-state index contributed by atoms with van der Waals surface area (Å²) in [5.74, 6) is -1.70. The van der Waals surface area contributed by atoms with Crippen molar-refractivity contribution >= 4 is 35.1 Å². The molecule has 2 N–H and O–H groups in total. The van der Waals surface area contributed by atoms with E-state index in [0.717, 1.165) is 18.8 Å². The summed E-state index contributed by atoms with van der Waals surface area (Å²) in [4.78, 5) is 37.9. The molecule has 0 unspecified atom stereocenters. The summed E-state index contributed by atoms with van der Waals surface area (Å²) in [6.07, 6.45) is -0.0435. The molecular formula is C21H24ClN3O4. The van der Waals surface area contributed by atoms with E-state index in [2.05, 4.69) is 29.6 Å². The van der Waals surface area contributed by atoms with Crippen molar-refractivity contribution in [2.45, 2.75) is 20.3 Å². The van der Waals surface area contributed by atoms with Crippen LogP contribution in [0.5, 0.6) is 0 Å². The molecule has 2 aromatic carbocycles. The van der Waals surface area contributed by atoms with Crippen molar-refractivity contribution in [1.82, 2.24) is 10.9 Å². The van der Waals surface area contributed by atoms with Crippen LogP contribution in [-0.4, -0.2) is 37.5 Å². The molecule has 0 heterocycles. The topological polar surface area (TPSA) is 87.7 Å². The SMILES string of the molecule is CCN(CC)c1ccc(C(=O)NNC(=O)COC(=O)Cc2ccccc2Cl)cc1. The van der Waals surface area contributed by atoms with Gasteiger partial charge in [-0.3, -0.25) is 25.2 Å². The van der Waals surface area contributed by atoms with E-state index in [1.54, 1.807) is 36.4 Å². The van der Waals surface area contributed by atoms with Crippen molar-refractivity contribution in [3.8, 4) is 0 Å². The third kappa shape index (κ3) is 6.80. The first-order valence-corrected chi connectivity index (χ1v) is 9.65. The Hall–Kier alpha value is -3.06. The van der Waals surface area contributed by atoms with Crippen LogP contribution in [0.2, 0.25) is 5.02 Å². The Labute approximate surface area is 175 Å². The second kappa shape index (κ2) is 11.1. The number of hydrazine groups is 1. The average Bonchev–Trinajstić information content (AvgIpc) is 2.73. The van der Waals surface area contributed by atoms with Gasteiger partial charge in [0.1, 0.15) is 0 Å². The molecule has 0 aliphatic heterocycles. The molecule has 29 heavy (non-hydrogen) atoms. The van der Waals surface area contributed by atoms with E-state index in [4.69, 9.17) is 16.3 Å². The van der Waals surface area contributed by atoms with E-state index in [1.165, 1.54) is 0 Å². The standard InChI is InChI=1S/C21H24ClN3O4/c1-3-25(4-2)17-11-9-15(10-12-17)21(28)24-23-19(26)14-29-20(27)13-16-7-5-6-8-18(16)22/h5-12H,3-4,13-14H2,1-2H3,(H,23,26)(H,24,28). The molecule has 0 spiro atoms. The van der Waals surface area contributed by atoms with Crippen molar-refractivity contribution in [2.24, 2.45) is 0 Å². The molecule has 154 valence electrons. The molecule has 0 aliphatic carbocycles. The van der Waals surface area contributed by atoms with Gasteiger partial charge in [-0.25, -0.2) is 0 Å². The fraction of sp³-hybridized carbons (Fsp3) is 0.286. The number of ether oxygens (including phenoxy) is 1. The van der Waals surface area contributed by atoms with E-state index < -0.39 is 24.4 Å². The maximum Gasteiger partial charge on any atom is 0.310 e. The van der Waals surface area contributed by atoms with Crippen LogP contribution in [-0.2, 0) is 20.7 Å². The predicted molar refractivity (Wildman–Crippen MR) is 112 cm³/mol. The number of nitrogens with one attached hydrogen (secondary N) is 2. The first kappa shape index (κ1) is 22.2. The van der Waals surface area contributed by atoms with Crippen molar-refractivity contribution in [2.75, 3.05) is 24.6 Å². The van der Waals surface area contributed by atoms with Crippen LogP contribution >= 0.6 is 11.6 Å². The Morgan fingerprint density at radius 3 is 2.24 bits per heavy atom. The highest BCUT2D eigenvalue weighted by molar-refractivity contribution is 6.31. The summed E-state index contributed by atoms with van der Waals surface area (Å²) in [7, 11) is 0. The third-order valence-corrected chi connectivity index (χ3v) is 4.60. The summed E-state index contributed by atoms with van der Waals surface area (Å²) in [5, 5.41) is 0.452. The molecule has 0 aliphatic rings. The van der Waals surface area contributed by atoms with E-state index in [1.807, 2.05) is 12.1 Å². The second-order valence-corrected chi connectivity index (χ2v) is 6.56. The number of amides is 2. The van der Waals surface area contributed by atoms with Gasteiger partial charge in [0.05, 0.1) is 6.42 Å². The summed E-state index contributed by atoms with van der Waals surface area (Å²) < 4.78 is 4.90. The van der Waals surface area contributed by atoms with Gasteiger partial charge in [-0.15, -0.1) is 0 Å². The van der Waals surface area contributed by atoms with Gasteiger partial charge >= 0.3 is 5.97 Å². The first-order chi connectivity index (χ1) is 13.9. The van der Waals surface area contributed by atoms with Gasteiger partial charge in [0.15, 0.2) is 6.61 Å². The number of nitrogens with zero attached hydrogens (tertiary/aromatic N) is 1. The summed E-state index contributed by atoms with van der Waals surface area (Å²) in [6, 6.07) is 13.9. The number of carbonyl (C=O) groups is 3. The fourth-order valence-electron chi connectivity index (χ4n) is 2.64. The van der Waals surface area contributed by atoms with Crippen LogP contribution in [0, 0.1) is 0 Å². The van der Waals surface area contributed by atoms with Gasteiger partial charge < -0.3 is 9.64 Å². The highest BCUT2D eigenvalue weighted by atomic mass is 35.5. The molecule has 0 saturated heterocycles. The lowest BCUT2D eigenvalue weighted by atomic mass is 10.1. The number of benzene rings is 2. The Balaban J connectivity index is 1.76. The largest absolute Gasteiger partial charge is 0.455 e. The van der Waals surface area contributed by atoms with E-state index in [9.17, 15) is 14.4 Å². The monoisotopic (exact) mass is 417 g/mol. The number of hydrogen-bond acceptors (Lipinski definition) is 5. The van der Waals surface area contributed by atoms with Crippen LogP contribution in [0.15, 0.2) is 48.5 Å². The lowest BCUT2D eigenvalue weighted by molar-refractivity contribution is -0.148. The molecule has 0 aromatic heterocycles. The molecule has 2 amide bonds. The van der Waals surface area contributed by atoms with Gasteiger partial charge in [-0.1, -0.05) is 29.8 Å². The minimum atomic E-state index is -0.648. The first-order valence-electron chi connectivity index (χ1n) is 9.27. The number of anilines is 1. The minimum Gasteiger partial charge on any atom is -0.455 e. The highest BCUT2D eigenvalue weighted by Crippen LogP contribution is 2.16. The zero-order valence-electron chi connectivity index (χ0n) is 16.4. The molecule has 0 radical (unpaired) electrons. The maximum atomic E-state index is 12.1. The number of carbonyl (C=O) groups excluding carboxylic acids is 3. The van der Waals surface area contributed by atoms with Crippen LogP contribution in [0.1, 0.15) is 29.8 Å². The molecule has 0 saturated carbocycles. The molecule has 2 rings (SSSR count). The van der Waals surface area contributed by atoms with Crippen LogP contribution in [0.3, 0.4) is 0 Å². The Morgan fingerprint density at radius 1 is 0.966 bits per heavy atom. The van der Waals surface area contributed by atoms with Gasteiger partial charge in [-0.05, 0) is 49.7 Å². The number of rotatable bonds is 8. The fourth-order valence-corrected chi connectivity index (χ4v) is 2.84. The molecular weight excluding hydrogens is 394 g/mol. The predicted octanol–water partition coefficient (Wildman–Crippen LogP) is 2.73. The van der Waals surface area contributed by atoms with Crippen LogP contribution in [0.25, 0.3) is 0 Å². The maximum absolute atomic E-state index is 12.1. The normalized spacial score (nSPS) is 10.2. The van der Waals surface area contributed by atoms with Crippen molar-refractivity contribution in [1.29, 1.82) is 0 Å². The summed E-state index contributed by atoms with van der Waals surface area (Å²) >= 11 is 5.98. The zero-order valence-corrected chi connectivity index (χ0v) is 17.2. The van der Waals surface area contributed by atoms with Gasteiger partial charge in [0.25, 0.3) is 11.8 Å². The van der Waals surface area contributed by atoms with Crippen molar-refractivity contribution in [3.63, 3.8) is 0 Å². The van der Waals surface area contributed by atoms with E-state index in [-0.39, 0.29) is 6.42 Å². The van der Waals surface area contributed by atoms with E-state index >= 15 is 0 Å². The summed E-state index contributed by atoms with van der Waals surface area (Å²) in [5.41, 5.74) is 6.54. The molecule has 0 fully saturated rings. The quantitative estimate of drug-likeness (QED) is 0.509. The average molecular weight is 418 g/mol. The van der Waals surface area contributed by atoms with Crippen LogP contribution in [0.4, 0.5) is 5.69 Å². The number of esters is 1. The second-order valence-electron chi connectivity index (χ2n) is 6.15. The minimum absolute atomic E-state index is 0.0435. The van der Waals surface area contributed by atoms with E-state index in [0.29, 0.717) is 16.1 Å². The molecule has 0 atom stereocenters. The Morgan fingerprint density at radius 2 is 1.62 bits per heavy atom. The summed E-state index contributed by atoms with van der Waals surface area (Å²) in [6.45, 7) is 5.34. The number of hydrogen-bond donors (Lipinski definition) is 2. The van der Waals surface area contributed by atoms with Crippen LogP contribution < -0.4 is 15.8 Å². The Kier molecular flexibility index (Phi) is 8.48. The van der Waals surface area contributed by atoms with Crippen molar-refractivity contribution < 1.29 is 19.1 Å². The van der Waals surface area contributed by atoms with Gasteiger partial charge in [0, 0.05) is 29.4 Å². The third-order valence-electron chi connectivity index (χ3n) is 4.23. The molecule has 0 bridgehead atoms. The molecule has 2 aromatic rings. The van der Waals surface area contributed by atoms with Crippen molar-refractivity contribution in [3.05, 3.63) is 64.7 Å². The number of halogens is 1. The molecule has 8 heteroatoms. The Bertz CT molecular complexity index is 851. The lowest BCUT2D eigenvalue weighted by Crippen LogP contribution is -2.43. The van der Waals surface area contributed by atoms with Gasteiger partial charge in [-0.2, -0.15) is 0 Å².